The first-order chi connectivity index (χ1) is 10.9. The second-order valence-corrected chi connectivity index (χ2v) is 6.57. The van der Waals surface area contributed by atoms with Crippen molar-refractivity contribution in [2.45, 2.75) is 26.4 Å². The number of methoxy groups -OCH3 is 1. The van der Waals surface area contributed by atoms with Gasteiger partial charge in [0.2, 0.25) is 5.91 Å². The van der Waals surface area contributed by atoms with Crippen molar-refractivity contribution in [1.29, 1.82) is 0 Å². The molecule has 2 aromatic heterocycles. The largest absolute Gasteiger partial charge is 0.394 e. The summed E-state index contributed by atoms with van der Waals surface area (Å²) in [5.74, 6) is -0.317. The highest BCUT2D eigenvalue weighted by Crippen LogP contribution is 2.26. The molecule has 2 aromatic rings. The monoisotopic (exact) mass is 336 g/mol. The summed E-state index contributed by atoms with van der Waals surface area (Å²) in [6.07, 6.45) is 0. The number of rotatable bonds is 6. The summed E-state index contributed by atoms with van der Waals surface area (Å²) in [6, 6.07) is 5.27. The molecule has 7 nitrogen and oxygen atoms in total. The van der Waals surface area contributed by atoms with E-state index in [0.29, 0.717) is 12.3 Å². The van der Waals surface area contributed by atoms with Crippen LogP contribution in [-0.2, 0) is 16.1 Å². The predicted octanol–water partition coefficient (Wildman–Crippen LogP) is 1.01. The number of hydrogen-bond donors (Lipinski definition) is 2. The molecule has 2 rings (SSSR count). The lowest BCUT2D eigenvalue weighted by Gasteiger charge is -2.13. The van der Waals surface area contributed by atoms with Crippen molar-refractivity contribution < 1.29 is 9.53 Å². The van der Waals surface area contributed by atoms with Crippen LogP contribution < -0.4 is 16.6 Å². The van der Waals surface area contributed by atoms with Gasteiger partial charge in [-0.3, -0.25) is 9.59 Å². The minimum Gasteiger partial charge on any atom is -0.394 e. The molecular weight excluding hydrogens is 316 g/mol. The Kier molecular flexibility index (Phi) is 5.51. The van der Waals surface area contributed by atoms with Crippen LogP contribution in [0.15, 0.2) is 23.0 Å². The van der Waals surface area contributed by atoms with Crippen molar-refractivity contribution >= 4 is 22.9 Å². The molecule has 1 amide bonds. The van der Waals surface area contributed by atoms with Gasteiger partial charge in [0.15, 0.2) is 0 Å². The summed E-state index contributed by atoms with van der Waals surface area (Å²) >= 11 is 1.55. The van der Waals surface area contributed by atoms with Gasteiger partial charge in [-0.15, -0.1) is 11.3 Å². The van der Waals surface area contributed by atoms with Crippen LogP contribution in [0.2, 0.25) is 0 Å². The Labute approximate surface area is 138 Å². The quantitative estimate of drug-likeness (QED) is 0.820. The van der Waals surface area contributed by atoms with Gasteiger partial charge in [0.05, 0.1) is 11.5 Å². The van der Waals surface area contributed by atoms with Crippen molar-refractivity contribution in [2.75, 3.05) is 19.5 Å². The summed E-state index contributed by atoms with van der Waals surface area (Å²) in [4.78, 5) is 26.1. The molecule has 3 N–H and O–H groups in total. The van der Waals surface area contributed by atoms with Crippen LogP contribution in [0.3, 0.4) is 0 Å². The first-order valence-corrected chi connectivity index (χ1v) is 7.95. The highest BCUT2D eigenvalue weighted by atomic mass is 32.1. The predicted molar refractivity (Wildman–Crippen MR) is 90.4 cm³/mol. The van der Waals surface area contributed by atoms with E-state index in [1.165, 1.54) is 6.07 Å². The number of nitrogens with zero attached hydrogens (tertiary/aromatic N) is 2. The van der Waals surface area contributed by atoms with Gasteiger partial charge < -0.3 is 15.8 Å². The van der Waals surface area contributed by atoms with E-state index in [9.17, 15) is 9.59 Å². The Bertz CT molecular complexity index is 753. The minimum atomic E-state index is -0.475. The average molecular weight is 336 g/mol. The fourth-order valence-corrected chi connectivity index (χ4v) is 2.93. The number of nitrogens with two attached hydrogens (primary N) is 1. The number of anilines is 1. The molecule has 2 heterocycles. The molecule has 0 aliphatic rings. The highest BCUT2D eigenvalue weighted by molar-refractivity contribution is 7.15. The van der Waals surface area contributed by atoms with Gasteiger partial charge in [0, 0.05) is 18.0 Å². The van der Waals surface area contributed by atoms with E-state index in [0.717, 1.165) is 14.4 Å². The van der Waals surface area contributed by atoms with Gasteiger partial charge in [-0.1, -0.05) is 0 Å². The molecule has 23 heavy (non-hydrogen) atoms. The second kappa shape index (κ2) is 7.38. The zero-order valence-electron chi connectivity index (χ0n) is 13.3. The molecule has 0 saturated carbocycles. The van der Waals surface area contributed by atoms with Gasteiger partial charge in [-0.2, -0.15) is 5.10 Å². The number of nitrogen functional groups attached to an aromatic ring is 1. The lowest BCUT2D eigenvalue weighted by Crippen LogP contribution is -2.40. The summed E-state index contributed by atoms with van der Waals surface area (Å²) < 4.78 is 6.05. The van der Waals surface area contributed by atoms with Crippen LogP contribution in [0, 0.1) is 6.92 Å². The van der Waals surface area contributed by atoms with Crippen LogP contribution in [0.5, 0.6) is 0 Å². The van der Waals surface area contributed by atoms with Gasteiger partial charge in [-0.25, -0.2) is 4.68 Å². The van der Waals surface area contributed by atoms with Gasteiger partial charge in [0.1, 0.15) is 17.9 Å². The zero-order valence-corrected chi connectivity index (χ0v) is 14.1. The number of aryl methyl sites for hydroxylation is 1. The zero-order chi connectivity index (χ0) is 17.0. The fraction of sp³-hybridized carbons (Fsp3) is 0.400. The van der Waals surface area contributed by atoms with E-state index in [4.69, 9.17) is 10.5 Å². The molecule has 124 valence electrons. The summed E-state index contributed by atoms with van der Waals surface area (Å²) in [5, 5.41) is 6.99. The second-order valence-electron chi connectivity index (χ2n) is 5.28. The van der Waals surface area contributed by atoms with Crippen LogP contribution in [0.1, 0.15) is 11.8 Å². The van der Waals surface area contributed by atoms with E-state index in [-0.39, 0.29) is 24.2 Å². The number of carbonyl (C=O) groups is 1. The van der Waals surface area contributed by atoms with E-state index in [2.05, 4.69) is 10.4 Å². The van der Waals surface area contributed by atoms with Crippen LogP contribution in [-0.4, -0.2) is 35.4 Å². The molecule has 0 bridgehead atoms. The Morgan fingerprint density at radius 3 is 2.87 bits per heavy atom. The highest BCUT2D eigenvalue weighted by Gasteiger charge is 2.13. The maximum Gasteiger partial charge on any atom is 0.290 e. The van der Waals surface area contributed by atoms with Crippen molar-refractivity contribution in [3.05, 3.63) is 33.4 Å². The number of thiophene rings is 1. The summed E-state index contributed by atoms with van der Waals surface area (Å²) in [6.45, 7) is 4.01. The smallest absolute Gasteiger partial charge is 0.290 e. The Morgan fingerprint density at radius 1 is 1.52 bits per heavy atom. The van der Waals surface area contributed by atoms with E-state index >= 15 is 0 Å². The Balaban J connectivity index is 2.23. The van der Waals surface area contributed by atoms with Gasteiger partial charge in [0.25, 0.3) is 5.56 Å². The minimum absolute atomic E-state index is 0.0683. The third kappa shape index (κ3) is 4.40. The van der Waals surface area contributed by atoms with Crippen LogP contribution in [0.25, 0.3) is 10.6 Å². The molecule has 0 aliphatic heterocycles. The molecule has 0 aromatic carbocycles. The maximum atomic E-state index is 12.1. The number of hydrogen-bond acceptors (Lipinski definition) is 6. The molecule has 0 radical (unpaired) electrons. The lowest BCUT2D eigenvalue weighted by atomic mass is 10.3. The number of aromatic nitrogens is 2. The van der Waals surface area contributed by atoms with Gasteiger partial charge in [-0.05, 0) is 32.0 Å². The third-order valence-corrected chi connectivity index (χ3v) is 4.14. The molecule has 0 spiro atoms. The number of carbonyl (C=O) groups excluding carboxylic acids is 1. The van der Waals surface area contributed by atoms with E-state index in [1.54, 1.807) is 18.4 Å². The standard InChI is InChI=1S/C15H20N4O3S/c1-9(8-22-3)17-14(20)7-19-15(21)11(16)6-12(18-19)13-5-4-10(2)23-13/h4-6,9H,7-8,16H2,1-3H3,(H,17,20). The van der Waals surface area contributed by atoms with Crippen LogP contribution >= 0.6 is 11.3 Å². The van der Waals surface area contributed by atoms with Crippen molar-refractivity contribution in [3.63, 3.8) is 0 Å². The fourth-order valence-electron chi connectivity index (χ4n) is 2.11. The number of ether oxygens (including phenoxy) is 1. The molecular formula is C15H20N4O3S. The lowest BCUT2D eigenvalue weighted by molar-refractivity contribution is -0.122. The third-order valence-electron chi connectivity index (χ3n) is 3.11. The molecule has 1 atom stereocenters. The SMILES string of the molecule is COCC(C)NC(=O)Cn1nc(-c2ccc(C)s2)cc(N)c1=O. The average Bonchev–Trinajstić information content (AvgIpc) is 2.90. The summed E-state index contributed by atoms with van der Waals surface area (Å²) in [7, 11) is 1.56. The maximum absolute atomic E-state index is 12.1. The molecule has 0 saturated heterocycles. The molecule has 0 fully saturated rings. The Hall–Kier alpha value is -2.19. The Morgan fingerprint density at radius 2 is 2.26 bits per heavy atom. The first kappa shape index (κ1) is 17.2. The summed E-state index contributed by atoms with van der Waals surface area (Å²) in [5.41, 5.74) is 5.94. The normalized spacial score (nSPS) is 12.1. The molecule has 0 aliphatic carbocycles. The van der Waals surface area contributed by atoms with Crippen molar-refractivity contribution in [1.82, 2.24) is 15.1 Å². The van der Waals surface area contributed by atoms with E-state index < -0.39 is 5.56 Å². The van der Waals surface area contributed by atoms with Crippen LogP contribution in [0.4, 0.5) is 5.69 Å². The van der Waals surface area contributed by atoms with Crippen molar-refractivity contribution in [3.8, 4) is 10.6 Å². The van der Waals surface area contributed by atoms with Crippen molar-refractivity contribution in [2.24, 2.45) is 0 Å². The van der Waals surface area contributed by atoms with E-state index in [1.807, 2.05) is 26.0 Å². The molecule has 1 unspecified atom stereocenters. The van der Waals surface area contributed by atoms with Gasteiger partial charge >= 0.3 is 0 Å². The number of nitrogens with one attached hydrogen (secondary N) is 1. The molecule has 8 heteroatoms. The number of amides is 1. The first-order valence-electron chi connectivity index (χ1n) is 7.13. The topological polar surface area (TPSA) is 99.2 Å².